The third-order valence-electron chi connectivity index (χ3n) is 1.52. The molecule has 0 aliphatic rings. The van der Waals surface area contributed by atoms with Crippen LogP contribution in [0.1, 0.15) is 17.3 Å². The third-order valence-corrected chi connectivity index (χ3v) is 1.82. The van der Waals surface area contributed by atoms with Crippen LogP contribution in [-0.2, 0) is 0 Å². The molecule has 6 heteroatoms. The van der Waals surface area contributed by atoms with Gasteiger partial charge in [-0.2, -0.15) is 0 Å². The normalized spacial score (nSPS) is 12.2. The van der Waals surface area contributed by atoms with Gasteiger partial charge in [-0.25, -0.2) is 9.97 Å². The molecule has 14 heavy (non-hydrogen) atoms. The van der Waals surface area contributed by atoms with E-state index in [1.165, 1.54) is 6.33 Å². The van der Waals surface area contributed by atoms with Gasteiger partial charge in [0.1, 0.15) is 17.3 Å². The molecule has 0 saturated heterocycles. The number of carbonyl (C=O) groups is 1. The van der Waals surface area contributed by atoms with Crippen molar-refractivity contribution in [2.45, 2.75) is 13.0 Å². The van der Waals surface area contributed by atoms with Crippen LogP contribution in [-0.4, -0.2) is 34.0 Å². The average Bonchev–Trinajstić information content (AvgIpc) is 2.14. The molecule has 1 unspecified atom stereocenters. The van der Waals surface area contributed by atoms with Crippen LogP contribution < -0.4 is 5.32 Å². The van der Waals surface area contributed by atoms with E-state index in [9.17, 15) is 4.79 Å². The fourth-order valence-corrected chi connectivity index (χ4v) is 1.04. The Labute approximate surface area is 86.1 Å². The number of carbonyl (C=O) groups excluding carboxylic acids is 1. The van der Waals surface area contributed by atoms with E-state index in [-0.39, 0.29) is 10.7 Å². The van der Waals surface area contributed by atoms with Crippen LogP contribution in [0.2, 0.25) is 5.15 Å². The maximum absolute atomic E-state index is 10.6. The summed E-state index contributed by atoms with van der Waals surface area (Å²) in [5.41, 5.74) is 0.204. The minimum atomic E-state index is -0.525. The first kappa shape index (κ1) is 10.9. The van der Waals surface area contributed by atoms with Gasteiger partial charge in [-0.1, -0.05) is 11.6 Å². The van der Waals surface area contributed by atoms with Crippen LogP contribution in [0, 0.1) is 0 Å². The van der Waals surface area contributed by atoms with E-state index in [0.29, 0.717) is 18.6 Å². The minimum Gasteiger partial charge on any atom is -0.392 e. The lowest BCUT2D eigenvalue weighted by atomic mass is 10.3. The molecule has 0 aliphatic heterocycles. The van der Waals surface area contributed by atoms with E-state index in [1.807, 2.05) is 0 Å². The van der Waals surface area contributed by atoms with Crippen molar-refractivity contribution in [1.29, 1.82) is 0 Å². The zero-order valence-electron chi connectivity index (χ0n) is 7.57. The van der Waals surface area contributed by atoms with Crippen LogP contribution in [0.15, 0.2) is 6.33 Å². The lowest BCUT2D eigenvalue weighted by Gasteiger charge is -2.09. The first-order valence-corrected chi connectivity index (χ1v) is 4.40. The molecule has 1 rings (SSSR count). The molecule has 0 aliphatic carbocycles. The summed E-state index contributed by atoms with van der Waals surface area (Å²) in [5, 5.41) is 11.9. The van der Waals surface area contributed by atoms with Crippen LogP contribution in [0.3, 0.4) is 0 Å². The highest BCUT2D eigenvalue weighted by molar-refractivity contribution is 6.32. The number of aliphatic hydroxyl groups is 1. The van der Waals surface area contributed by atoms with Crippen LogP contribution >= 0.6 is 11.6 Å². The molecule has 76 valence electrons. The second kappa shape index (κ2) is 4.88. The Hall–Kier alpha value is -1.20. The molecule has 0 amide bonds. The second-order valence-electron chi connectivity index (χ2n) is 2.77. The number of anilines is 1. The van der Waals surface area contributed by atoms with E-state index in [2.05, 4.69) is 15.3 Å². The molecule has 5 nitrogen and oxygen atoms in total. The topological polar surface area (TPSA) is 75.1 Å². The van der Waals surface area contributed by atoms with E-state index in [0.717, 1.165) is 0 Å². The largest absolute Gasteiger partial charge is 0.392 e. The van der Waals surface area contributed by atoms with Gasteiger partial charge in [0, 0.05) is 6.54 Å². The van der Waals surface area contributed by atoms with Gasteiger partial charge in [0.15, 0.2) is 6.29 Å². The summed E-state index contributed by atoms with van der Waals surface area (Å²) < 4.78 is 0. The highest BCUT2D eigenvalue weighted by Gasteiger charge is 2.08. The number of aliphatic hydroxyl groups excluding tert-OH is 1. The summed E-state index contributed by atoms with van der Waals surface area (Å²) >= 11 is 5.66. The lowest BCUT2D eigenvalue weighted by Crippen LogP contribution is -2.17. The van der Waals surface area contributed by atoms with Crippen molar-refractivity contribution in [2.24, 2.45) is 0 Å². The van der Waals surface area contributed by atoms with Crippen molar-refractivity contribution < 1.29 is 9.90 Å². The highest BCUT2D eigenvalue weighted by atomic mass is 35.5. The number of nitrogens with one attached hydrogen (secondary N) is 1. The molecule has 0 bridgehead atoms. The maximum Gasteiger partial charge on any atom is 0.156 e. The smallest absolute Gasteiger partial charge is 0.156 e. The Morgan fingerprint density at radius 2 is 2.43 bits per heavy atom. The van der Waals surface area contributed by atoms with E-state index >= 15 is 0 Å². The van der Waals surface area contributed by atoms with Crippen LogP contribution in [0.4, 0.5) is 5.82 Å². The zero-order valence-corrected chi connectivity index (χ0v) is 8.32. The quantitative estimate of drug-likeness (QED) is 0.572. The molecule has 0 fully saturated rings. The number of aromatic nitrogens is 2. The first-order valence-electron chi connectivity index (χ1n) is 4.02. The third kappa shape index (κ3) is 2.65. The van der Waals surface area contributed by atoms with Gasteiger partial charge >= 0.3 is 0 Å². The summed E-state index contributed by atoms with van der Waals surface area (Å²) in [4.78, 5) is 18.1. The van der Waals surface area contributed by atoms with E-state index < -0.39 is 6.10 Å². The van der Waals surface area contributed by atoms with Gasteiger partial charge in [0.25, 0.3) is 0 Å². The highest BCUT2D eigenvalue weighted by Crippen LogP contribution is 2.16. The number of aldehydes is 1. The summed E-state index contributed by atoms with van der Waals surface area (Å²) in [6, 6.07) is 0. The van der Waals surface area contributed by atoms with Gasteiger partial charge in [-0.05, 0) is 6.92 Å². The van der Waals surface area contributed by atoms with Gasteiger partial charge in [0.05, 0.1) is 11.7 Å². The first-order chi connectivity index (χ1) is 6.65. The average molecular weight is 216 g/mol. The maximum atomic E-state index is 10.6. The van der Waals surface area contributed by atoms with Crippen molar-refractivity contribution in [3.8, 4) is 0 Å². The predicted octanol–water partition coefficient (Wildman–Crippen LogP) is 0.735. The number of rotatable bonds is 4. The van der Waals surface area contributed by atoms with Crippen LogP contribution in [0.5, 0.6) is 0 Å². The molecule has 0 saturated carbocycles. The number of hydrogen-bond donors (Lipinski definition) is 2. The van der Waals surface area contributed by atoms with Crippen molar-refractivity contribution in [2.75, 3.05) is 11.9 Å². The molecular weight excluding hydrogens is 206 g/mol. The predicted molar refractivity (Wildman–Crippen MR) is 52.6 cm³/mol. The molecule has 0 radical (unpaired) electrons. The molecule has 2 N–H and O–H groups in total. The van der Waals surface area contributed by atoms with Crippen LogP contribution in [0.25, 0.3) is 0 Å². The Morgan fingerprint density at radius 1 is 1.71 bits per heavy atom. The Morgan fingerprint density at radius 3 is 3.00 bits per heavy atom. The van der Waals surface area contributed by atoms with Gasteiger partial charge < -0.3 is 10.4 Å². The Kier molecular flexibility index (Phi) is 3.79. The summed E-state index contributed by atoms with van der Waals surface area (Å²) in [7, 11) is 0. The molecule has 1 aromatic heterocycles. The molecule has 0 spiro atoms. The molecule has 0 aromatic carbocycles. The standard InChI is InChI=1S/C8H10ClN3O2/c1-5(14)2-10-8-6(3-13)7(9)11-4-12-8/h3-5,14H,2H2,1H3,(H,10,11,12). The fraction of sp³-hybridized carbons (Fsp3) is 0.375. The number of halogens is 1. The number of nitrogens with zero attached hydrogens (tertiary/aromatic N) is 2. The molecule has 1 heterocycles. The summed E-state index contributed by atoms with van der Waals surface area (Å²) in [5.74, 6) is 0.334. The fourth-order valence-electron chi connectivity index (χ4n) is 0.864. The molecule has 1 atom stereocenters. The monoisotopic (exact) mass is 215 g/mol. The van der Waals surface area contributed by atoms with Gasteiger partial charge in [0.2, 0.25) is 0 Å². The SMILES string of the molecule is CC(O)CNc1ncnc(Cl)c1C=O. The lowest BCUT2D eigenvalue weighted by molar-refractivity contribution is 0.112. The Bertz CT molecular complexity index is 330. The Balaban J connectivity index is 2.85. The van der Waals surface area contributed by atoms with E-state index in [4.69, 9.17) is 16.7 Å². The van der Waals surface area contributed by atoms with E-state index in [1.54, 1.807) is 6.92 Å². The summed E-state index contributed by atoms with van der Waals surface area (Å²) in [6.07, 6.45) is 1.30. The molecular formula is C8H10ClN3O2. The van der Waals surface area contributed by atoms with Crippen molar-refractivity contribution in [3.63, 3.8) is 0 Å². The molecule has 1 aromatic rings. The minimum absolute atomic E-state index is 0.100. The van der Waals surface area contributed by atoms with Crippen molar-refractivity contribution >= 4 is 23.7 Å². The zero-order chi connectivity index (χ0) is 10.6. The van der Waals surface area contributed by atoms with Crippen molar-refractivity contribution in [3.05, 3.63) is 17.0 Å². The van der Waals surface area contributed by atoms with Gasteiger partial charge in [-0.3, -0.25) is 4.79 Å². The van der Waals surface area contributed by atoms with Gasteiger partial charge in [-0.15, -0.1) is 0 Å². The number of hydrogen-bond acceptors (Lipinski definition) is 5. The summed E-state index contributed by atoms with van der Waals surface area (Å²) in [6.45, 7) is 1.92. The second-order valence-corrected chi connectivity index (χ2v) is 3.13. The van der Waals surface area contributed by atoms with Crippen molar-refractivity contribution in [1.82, 2.24) is 9.97 Å².